The zero-order chi connectivity index (χ0) is 21.3. The normalized spacial score (nSPS) is 18.1. The molecule has 0 aromatic carbocycles. The van der Waals surface area contributed by atoms with E-state index in [9.17, 15) is 0 Å². The van der Waals surface area contributed by atoms with Gasteiger partial charge >= 0.3 is 0 Å². The first-order chi connectivity index (χ1) is 14.3. The van der Waals surface area contributed by atoms with E-state index in [1.807, 2.05) is 18.6 Å². The number of nitrogens with zero attached hydrogens (tertiary/aromatic N) is 4. The van der Waals surface area contributed by atoms with Crippen LogP contribution in [0.25, 0.3) is 4.96 Å². The molecule has 1 aliphatic rings. The zero-order valence-corrected chi connectivity index (χ0v) is 20.3. The van der Waals surface area contributed by atoms with Crippen LogP contribution in [0.5, 0.6) is 0 Å². The monoisotopic (exact) mass is 464 g/mol. The average Bonchev–Trinajstić information content (AvgIpc) is 3.28. The molecule has 0 radical (unpaired) electrons. The highest BCUT2D eigenvalue weighted by atomic mass is 35.5. The van der Waals surface area contributed by atoms with Gasteiger partial charge in [-0.3, -0.25) is 4.40 Å². The first-order valence-electron chi connectivity index (χ1n) is 10.3. The van der Waals surface area contributed by atoms with E-state index in [2.05, 4.69) is 57.2 Å². The maximum atomic E-state index is 6.40. The Morgan fingerprint density at radius 1 is 1.30 bits per heavy atom. The van der Waals surface area contributed by atoms with Gasteiger partial charge in [0.2, 0.25) is 0 Å². The van der Waals surface area contributed by atoms with Gasteiger partial charge in [0.15, 0.2) is 10.1 Å². The number of halogens is 1. The van der Waals surface area contributed by atoms with Crippen molar-refractivity contribution in [3.63, 3.8) is 0 Å². The number of pyridine rings is 1. The second-order valence-corrected chi connectivity index (χ2v) is 11.2. The molecule has 1 aliphatic heterocycles. The summed E-state index contributed by atoms with van der Waals surface area (Å²) in [6.07, 6.45) is 4.32. The quantitative estimate of drug-likeness (QED) is 0.447. The molecule has 4 heterocycles. The third kappa shape index (κ3) is 4.88. The summed E-state index contributed by atoms with van der Waals surface area (Å²) in [7, 11) is 1.94. The van der Waals surface area contributed by atoms with Crippen molar-refractivity contribution in [1.82, 2.24) is 18.7 Å². The Balaban J connectivity index is 1.47. The number of aromatic nitrogens is 3. The van der Waals surface area contributed by atoms with E-state index in [0.717, 1.165) is 59.7 Å². The minimum Gasteiger partial charge on any atom is -0.382 e. The Morgan fingerprint density at radius 3 is 2.90 bits per heavy atom. The van der Waals surface area contributed by atoms with Gasteiger partial charge in [-0.2, -0.15) is 0 Å². The molecule has 0 saturated carbocycles. The van der Waals surface area contributed by atoms with E-state index in [4.69, 9.17) is 16.6 Å². The van der Waals surface area contributed by atoms with Crippen molar-refractivity contribution in [2.24, 2.45) is 5.41 Å². The van der Waals surface area contributed by atoms with Crippen molar-refractivity contribution in [2.75, 3.05) is 37.3 Å². The Morgan fingerprint density at radius 2 is 2.13 bits per heavy atom. The number of anilines is 2. The smallest absolute Gasteiger partial charge is 0.196 e. The molecule has 4 rings (SSSR count). The molecule has 0 spiro atoms. The average molecular weight is 465 g/mol. The van der Waals surface area contributed by atoms with Gasteiger partial charge in [-0.25, -0.2) is 14.3 Å². The predicted octanol–water partition coefficient (Wildman–Crippen LogP) is 5.83. The molecule has 162 valence electrons. The molecule has 30 heavy (non-hydrogen) atoms. The highest BCUT2D eigenvalue weighted by molar-refractivity contribution is 7.97. The fourth-order valence-electron chi connectivity index (χ4n) is 3.60. The molecule has 0 bridgehead atoms. The van der Waals surface area contributed by atoms with E-state index < -0.39 is 0 Å². The molecule has 1 unspecified atom stereocenters. The van der Waals surface area contributed by atoms with E-state index in [0.29, 0.717) is 11.1 Å². The van der Waals surface area contributed by atoms with Crippen LogP contribution in [0.15, 0.2) is 28.7 Å². The number of imidazole rings is 1. The third-order valence-electron chi connectivity index (χ3n) is 5.16. The molecule has 1 atom stereocenters. The molecule has 1 saturated heterocycles. The standard InChI is InChI=1S/C21H29ClN6S2/c1-21(2,3)13-24-16-8-7-15(25-18(16)23-4)14-6-5-9-27(12-14)30-19-17(22)26-20-28(19)10-11-29-20/h7-8,10-11,14,24H,5-6,9,12-13H2,1-4H3,(H,23,25). The van der Waals surface area contributed by atoms with Crippen molar-refractivity contribution >= 4 is 51.4 Å². The van der Waals surface area contributed by atoms with Gasteiger partial charge in [0.25, 0.3) is 0 Å². The van der Waals surface area contributed by atoms with Gasteiger partial charge in [-0.15, -0.1) is 11.3 Å². The first-order valence-corrected chi connectivity index (χ1v) is 12.3. The van der Waals surface area contributed by atoms with Crippen LogP contribution in [0.4, 0.5) is 11.5 Å². The number of rotatable bonds is 6. The van der Waals surface area contributed by atoms with Crippen molar-refractivity contribution < 1.29 is 0 Å². The highest BCUT2D eigenvalue weighted by Crippen LogP contribution is 2.37. The Hall–Kier alpha value is -1.48. The lowest BCUT2D eigenvalue weighted by Gasteiger charge is -2.31. The van der Waals surface area contributed by atoms with E-state index in [1.165, 1.54) is 0 Å². The SMILES string of the molecule is CNc1nc(C2CCCN(Sc3c(Cl)nc4sccn34)C2)ccc1NCC(C)(C)C. The molecule has 3 aromatic heterocycles. The van der Waals surface area contributed by atoms with Gasteiger partial charge in [0.1, 0.15) is 10.8 Å². The van der Waals surface area contributed by atoms with Gasteiger partial charge in [-0.05, 0) is 42.3 Å². The summed E-state index contributed by atoms with van der Waals surface area (Å²) in [6, 6.07) is 4.34. The fraction of sp³-hybridized carbons (Fsp3) is 0.524. The lowest BCUT2D eigenvalue weighted by atomic mass is 9.95. The van der Waals surface area contributed by atoms with Crippen LogP contribution < -0.4 is 10.6 Å². The number of nitrogens with one attached hydrogen (secondary N) is 2. The number of piperidine rings is 1. The summed E-state index contributed by atoms with van der Waals surface area (Å²) in [4.78, 5) is 10.3. The summed E-state index contributed by atoms with van der Waals surface area (Å²) in [5.41, 5.74) is 2.42. The maximum absolute atomic E-state index is 6.40. The highest BCUT2D eigenvalue weighted by Gasteiger charge is 2.26. The summed E-state index contributed by atoms with van der Waals surface area (Å²) in [6.45, 7) is 9.57. The summed E-state index contributed by atoms with van der Waals surface area (Å²) in [5.74, 6) is 1.32. The number of hydrogen-bond donors (Lipinski definition) is 2. The second-order valence-electron chi connectivity index (χ2n) is 8.88. The van der Waals surface area contributed by atoms with Gasteiger partial charge in [0.05, 0.1) is 5.69 Å². The van der Waals surface area contributed by atoms with Crippen LogP contribution in [0.2, 0.25) is 5.15 Å². The molecule has 9 heteroatoms. The number of thiazole rings is 1. The first kappa shape index (κ1) is 21.7. The Labute approximate surface area is 191 Å². The van der Waals surface area contributed by atoms with E-state index in [-0.39, 0.29) is 5.41 Å². The van der Waals surface area contributed by atoms with E-state index in [1.54, 1.807) is 23.3 Å². The molecular weight excluding hydrogens is 436 g/mol. The van der Waals surface area contributed by atoms with E-state index >= 15 is 0 Å². The minimum atomic E-state index is 0.216. The van der Waals surface area contributed by atoms with Gasteiger partial charge in [-0.1, -0.05) is 32.4 Å². The van der Waals surface area contributed by atoms with Crippen molar-refractivity contribution in [3.8, 4) is 0 Å². The van der Waals surface area contributed by atoms with Crippen LogP contribution in [0.1, 0.15) is 45.2 Å². The minimum absolute atomic E-state index is 0.216. The lowest BCUT2D eigenvalue weighted by Crippen LogP contribution is -2.29. The Kier molecular flexibility index (Phi) is 6.48. The third-order valence-corrected chi connectivity index (χ3v) is 7.44. The topological polar surface area (TPSA) is 57.5 Å². The molecule has 6 nitrogen and oxygen atoms in total. The van der Waals surface area contributed by atoms with Crippen LogP contribution in [0.3, 0.4) is 0 Å². The summed E-state index contributed by atoms with van der Waals surface area (Å²) < 4.78 is 4.47. The maximum Gasteiger partial charge on any atom is 0.196 e. The van der Waals surface area contributed by atoms with Crippen LogP contribution in [-0.2, 0) is 0 Å². The van der Waals surface area contributed by atoms with Crippen molar-refractivity contribution in [1.29, 1.82) is 0 Å². The summed E-state index contributed by atoms with van der Waals surface area (Å²) in [5, 5.41) is 10.4. The molecule has 1 fully saturated rings. The van der Waals surface area contributed by atoms with Crippen molar-refractivity contribution in [3.05, 3.63) is 34.6 Å². The summed E-state index contributed by atoms with van der Waals surface area (Å²) >= 11 is 9.71. The lowest BCUT2D eigenvalue weighted by molar-refractivity contribution is 0.338. The largest absolute Gasteiger partial charge is 0.382 e. The fourth-order valence-corrected chi connectivity index (χ4v) is 5.78. The second kappa shape index (κ2) is 8.94. The number of fused-ring (bicyclic) bond motifs is 1. The number of hydrogen-bond acceptors (Lipinski definition) is 7. The predicted molar refractivity (Wildman–Crippen MR) is 129 cm³/mol. The van der Waals surface area contributed by atoms with Crippen LogP contribution in [0, 0.1) is 5.41 Å². The van der Waals surface area contributed by atoms with Crippen LogP contribution in [-0.4, -0.2) is 45.4 Å². The molecule has 0 aliphatic carbocycles. The molecule has 3 aromatic rings. The van der Waals surface area contributed by atoms with Crippen molar-refractivity contribution in [2.45, 2.75) is 44.6 Å². The Bertz CT molecular complexity index is 1010. The molecule has 0 amide bonds. The molecule has 2 N–H and O–H groups in total. The van der Waals surface area contributed by atoms with Gasteiger partial charge in [0, 0.05) is 49.9 Å². The molecular formula is C21H29ClN6S2. The zero-order valence-electron chi connectivity index (χ0n) is 17.9. The van der Waals surface area contributed by atoms with Gasteiger partial charge < -0.3 is 10.6 Å². The van der Waals surface area contributed by atoms with Crippen LogP contribution >= 0.6 is 34.9 Å².